The molecule has 1 atom stereocenters. The van der Waals surface area contributed by atoms with Crippen LogP contribution in [0.1, 0.15) is 73.1 Å². The first kappa shape index (κ1) is 38.2. The Morgan fingerprint density at radius 3 is 2.00 bits per heavy atom. The van der Waals surface area contributed by atoms with Gasteiger partial charge in [-0.1, -0.05) is 132 Å². The number of unbranched alkanes of at least 4 members (excludes halogenated alkanes) is 5. The zero-order valence-electron chi connectivity index (χ0n) is 28.6. The fraction of sp³-hybridized carbons (Fsp3) is 0.432. The van der Waals surface area contributed by atoms with E-state index in [0.717, 1.165) is 29.5 Å². The number of carbonyl (C=O) groups excluding carboxylic acids is 3. The molecule has 2 amide bonds. The largest absolute Gasteiger partial charge is 0.502 e. The van der Waals surface area contributed by atoms with Crippen molar-refractivity contribution in [1.82, 2.24) is 10.6 Å². The maximum Gasteiger partial charge on any atom is 0.357 e. The summed E-state index contributed by atoms with van der Waals surface area (Å²) in [6.07, 6.45) is 13.7. The van der Waals surface area contributed by atoms with Gasteiger partial charge in [-0.2, -0.15) is 0 Å². The fourth-order valence-corrected chi connectivity index (χ4v) is 9.82. The minimum absolute atomic E-state index is 0.146. The lowest BCUT2D eigenvalue weighted by atomic mass is 10.1. The van der Waals surface area contributed by atoms with E-state index in [4.69, 9.17) is 13.9 Å². The number of nitrogens with one attached hydrogen (secondary N) is 2. The van der Waals surface area contributed by atoms with Crippen molar-refractivity contribution in [1.29, 1.82) is 0 Å². The number of carbonyl (C=O) groups is 3. The summed E-state index contributed by atoms with van der Waals surface area (Å²) in [6, 6.07) is 18.9. The summed E-state index contributed by atoms with van der Waals surface area (Å²) in [7, 11) is -0.491. The van der Waals surface area contributed by atoms with Gasteiger partial charge in [0.25, 0.3) is 8.32 Å². The lowest BCUT2D eigenvalue weighted by Gasteiger charge is -2.43. The lowest BCUT2D eigenvalue weighted by Crippen LogP contribution is -2.68. The van der Waals surface area contributed by atoms with E-state index in [-0.39, 0.29) is 17.3 Å². The molecule has 0 aliphatic rings. The van der Waals surface area contributed by atoms with Crippen molar-refractivity contribution >= 4 is 36.5 Å². The van der Waals surface area contributed by atoms with Crippen LogP contribution in [-0.4, -0.2) is 53.0 Å². The van der Waals surface area contributed by atoms with Crippen LogP contribution in [0.2, 0.25) is 5.04 Å². The van der Waals surface area contributed by atoms with Gasteiger partial charge in [0.05, 0.1) is 20.8 Å². The van der Waals surface area contributed by atoms with Gasteiger partial charge in [0.1, 0.15) is 12.3 Å². The maximum absolute atomic E-state index is 13.7. The quantitative estimate of drug-likeness (QED) is 0.0538. The predicted molar refractivity (Wildman–Crippen MR) is 187 cm³/mol. The van der Waals surface area contributed by atoms with Crippen LogP contribution in [0, 0.1) is 0 Å². The molecule has 46 heavy (non-hydrogen) atoms. The third-order valence-electron chi connectivity index (χ3n) is 7.72. The molecule has 0 aliphatic carbocycles. The van der Waals surface area contributed by atoms with E-state index >= 15 is 0 Å². The molecule has 0 fully saturated rings. The summed E-state index contributed by atoms with van der Waals surface area (Å²) in [5, 5.41) is 7.11. The van der Waals surface area contributed by atoms with Gasteiger partial charge in [-0.15, -0.1) is 0 Å². The number of esters is 1. The van der Waals surface area contributed by atoms with Crippen molar-refractivity contribution in [3.05, 3.63) is 96.4 Å². The molecular weight excluding hydrogens is 597 g/mol. The molecule has 0 saturated heterocycles. The molecule has 9 heteroatoms. The summed E-state index contributed by atoms with van der Waals surface area (Å²) in [5.74, 6) is -1.85. The second kappa shape index (κ2) is 19.5. The molecule has 2 aromatic rings. The molecular formula is C37H52N2O6Si. The standard InChI is InChI=1S/C37H52N2O6Si/c1-8-9-10-11-12-13-14-17-22-29(2)34(40)38-32(35(41)39-33(27-43-6)36(42)44-7)28-45-46(37(3,4)5,30-23-18-15-19-24-30)31-25-20-16-21-26-31/h14-27,32H,8-13,28H2,1-7H3,(H,38,40)(H,39,41)/b17-14+,29-22+,33-27-. The Balaban J connectivity index is 2.43. The van der Waals surface area contributed by atoms with Crippen molar-refractivity contribution in [2.45, 2.75) is 84.2 Å². The second-order valence-electron chi connectivity index (χ2n) is 12.2. The number of rotatable bonds is 18. The first-order chi connectivity index (χ1) is 22.0. The second-order valence-corrected chi connectivity index (χ2v) is 16.5. The Bertz CT molecular complexity index is 1290. The predicted octanol–water partition coefficient (Wildman–Crippen LogP) is 5.69. The van der Waals surface area contributed by atoms with Gasteiger partial charge in [0.15, 0.2) is 5.70 Å². The molecule has 0 aliphatic heterocycles. The topological polar surface area (TPSA) is 103 Å². The van der Waals surface area contributed by atoms with Crippen molar-refractivity contribution < 1.29 is 28.3 Å². The monoisotopic (exact) mass is 648 g/mol. The van der Waals surface area contributed by atoms with Crippen LogP contribution in [0.15, 0.2) is 96.4 Å². The van der Waals surface area contributed by atoms with Crippen LogP contribution < -0.4 is 21.0 Å². The normalized spacial score (nSPS) is 13.3. The van der Waals surface area contributed by atoms with Crippen molar-refractivity contribution in [3.63, 3.8) is 0 Å². The molecule has 0 saturated carbocycles. The lowest BCUT2D eigenvalue weighted by molar-refractivity contribution is -0.138. The van der Waals surface area contributed by atoms with Gasteiger partial charge in [0, 0.05) is 5.57 Å². The van der Waals surface area contributed by atoms with Gasteiger partial charge in [-0.3, -0.25) is 9.59 Å². The van der Waals surface area contributed by atoms with Crippen molar-refractivity contribution in [2.75, 3.05) is 20.8 Å². The first-order valence-corrected chi connectivity index (χ1v) is 17.9. The number of ether oxygens (including phenoxy) is 2. The van der Waals surface area contributed by atoms with E-state index in [2.05, 4.69) is 68.7 Å². The number of benzene rings is 2. The molecule has 8 nitrogen and oxygen atoms in total. The number of methoxy groups -OCH3 is 2. The Labute approximate surface area is 276 Å². The van der Waals surface area contributed by atoms with Crippen LogP contribution >= 0.6 is 0 Å². The van der Waals surface area contributed by atoms with Gasteiger partial charge in [-0.05, 0) is 35.2 Å². The Kier molecular flexibility index (Phi) is 16.2. The molecule has 0 radical (unpaired) electrons. The maximum atomic E-state index is 13.7. The SMILES string of the molecule is CCCCCCC/C=C/C=C(\C)C(=O)NC(CO[Si](c1ccccc1)(c1ccccc1)C(C)(C)C)C(=O)N/C(=C\OC)C(=O)OC. The van der Waals surface area contributed by atoms with E-state index in [1.54, 1.807) is 13.0 Å². The Hall–Kier alpha value is -3.95. The van der Waals surface area contributed by atoms with Gasteiger partial charge < -0.3 is 24.5 Å². The van der Waals surface area contributed by atoms with E-state index in [9.17, 15) is 14.4 Å². The van der Waals surface area contributed by atoms with E-state index in [0.29, 0.717) is 5.57 Å². The third-order valence-corrected chi connectivity index (χ3v) is 12.7. The van der Waals surface area contributed by atoms with Crippen LogP contribution in [0.25, 0.3) is 0 Å². The molecule has 0 aromatic heterocycles. The van der Waals surface area contributed by atoms with E-state index < -0.39 is 32.1 Å². The van der Waals surface area contributed by atoms with Crippen molar-refractivity contribution in [2.24, 2.45) is 0 Å². The zero-order valence-corrected chi connectivity index (χ0v) is 29.6. The highest BCUT2D eigenvalue weighted by Gasteiger charge is 2.50. The molecule has 2 N–H and O–H groups in total. The summed E-state index contributed by atoms with van der Waals surface area (Å²) < 4.78 is 16.8. The van der Waals surface area contributed by atoms with Crippen LogP contribution in [0.3, 0.4) is 0 Å². The van der Waals surface area contributed by atoms with Crippen molar-refractivity contribution in [3.8, 4) is 0 Å². The minimum atomic E-state index is -3.05. The number of hydrogen-bond acceptors (Lipinski definition) is 6. The number of allylic oxidation sites excluding steroid dienone is 3. The van der Waals surface area contributed by atoms with Gasteiger partial charge >= 0.3 is 5.97 Å². The molecule has 250 valence electrons. The fourth-order valence-electron chi connectivity index (χ4n) is 5.25. The number of amides is 2. The zero-order chi connectivity index (χ0) is 34.0. The Morgan fingerprint density at radius 1 is 0.891 bits per heavy atom. The molecule has 1 unspecified atom stereocenters. The molecule has 2 rings (SSSR count). The van der Waals surface area contributed by atoms with Gasteiger partial charge in [-0.25, -0.2) is 4.79 Å². The highest BCUT2D eigenvalue weighted by molar-refractivity contribution is 6.99. The van der Waals surface area contributed by atoms with E-state index in [1.165, 1.54) is 39.9 Å². The highest BCUT2D eigenvalue weighted by atomic mass is 28.4. The molecule has 0 heterocycles. The summed E-state index contributed by atoms with van der Waals surface area (Å²) >= 11 is 0. The van der Waals surface area contributed by atoms with E-state index in [1.807, 2.05) is 42.5 Å². The number of hydrogen-bond donors (Lipinski definition) is 2. The van der Waals surface area contributed by atoms with Crippen LogP contribution in [0.5, 0.6) is 0 Å². The average Bonchev–Trinajstić information content (AvgIpc) is 3.05. The summed E-state index contributed by atoms with van der Waals surface area (Å²) in [6.45, 7) is 10.1. The molecule has 2 aromatic carbocycles. The third kappa shape index (κ3) is 11.1. The Morgan fingerprint density at radius 2 is 1.48 bits per heavy atom. The highest BCUT2D eigenvalue weighted by Crippen LogP contribution is 2.36. The molecule has 0 bridgehead atoms. The average molecular weight is 649 g/mol. The summed E-state index contributed by atoms with van der Waals surface area (Å²) in [4.78, 5) is 39.5. The van der Waals surface area contributed by atoms with Gasteiger partial charge in [0.2, 0.25) is 11.8 Å². The minimum Gasteiger partial charge on any atom is -0.502 e. The van der Waals surface area contributed by atoms with Crippen LogP contribution in [-0.2, 0) is 28.3 Å². The van der Waals surface area contributed by atoms with Crippen LogP contribution in [0.4, 0.5) is 0 Å². The smallest absolute Gasteiger partial charge is 0.357 e. The molecule has 0 spiro atoms. The summed E-state index contributed by atoms with van der Waals surface area (Å²) in [5.41, 5.74) is 0.236. The first-order valence-electron chi connectivity index (χ1n) is 16.0.